The van der Waals surface area contributed by atoms with Gasteiger partial charge in [-0.05, 0) is 44.2 Å². The number of nitrogens with zero attached hydrogens (tertiary/aromatic N) is 2. The zero-order valence-corrected chi connectivity index (χ0v) is 15.2. The first-order valence-electron chi connectivity index (χ1n) is 9.18. The third-order valence-electron chi connectivity index (χ3n) is 5.14. The summed E-state index contributed by atoms with van der Waals surface area (Å²) in [5, 5.41) is 0. The van der Waals surface area contributed by atoms with Crippen molar-refractivity contribution in [2.24, 2.45) is 0 Å². The van der Waals surface area contributed by atoms with Crippen molar-refractivity contribution < 1.29 is 8.42 Å². The first-order chi connectivity index (χ1) is 11.6. The molecule has 0 unspecified atom stereocenters. The molecule has 0 radical (unpaired) electrons. The minimum atomic E-state index is -3.27. The van der Waals surface area contributed by atoms with E-state index in [9.17, 15) is 8.42 Å². The number of likely N-dealkylation sites (tertiary alicyclic amines) is 1. The highest BCUT2D eigenvalue weighted by Crippen LogP contribution is 2.22. The van der Waals surface area contributed by atoms with E-state index in [0.29, 0.717) is 25.7 Å². The molecule has 1 aromatic carbocycles. The van der Waals surface area contributed by atoms with Crippen molar-refractivity contribution in [1.29, 1.82) is 0 Å². The van der Waals surface area contributed by atoms with Crippen molar-refractivity contribution in [2.75, 3.05) is 26.2 Å². The Labute approximate surface area is 146 Å². The molecule has 2 aliphatic rings. The fourth-order valence-corrected chi connectivity index (χ4v) is 5.08. The van der Waals surface area contributed by atoms with Crippen molar-refractivity contribution in [2.45, 2.75) is 51.1 Å². The fraction of sp³-hybridized carbons (Fsp3) is 0.667. The van der Waals surface area contributed by atoms with Crippen LogP contribution in [-0.4, -0.2) is 49.8 Å². The van der Waals surface area contributed by atoms with Gasteiger partial charge in [-0.2, -0.15) is 12.7 Å². The van der Waals surface area contributed by atoms with Crippen LogP contribution < -0.4 is 4.72 Å². The van der Waals surface area contributed by atoms with Crippen molar-refractivity contribution in [3.63, 3.8) is 0 Å². The molecule has 1 atom stereocenters. The lowest BCUT2D eigenvalue weighted by atomic mass is 9.98. The van der Waals surface area contributed by atoms with E-state index < -0.39 is 10.2 Å². The van der Waals surface area contributed by atoms with Gasteiger partial charge in [0.05, 0.1) is 0 Å². The molecule has 3 rings (SSSR count). The van der Waals surface area contributed by atoms with Crippen LogP contribution in [0.1, 0.15) is 44.1 Å². The number of hydrogen-bond donors (Lipinski definition) is 1. The standard InChI is InChI=1S/C18H29N3O2S/c22-24(23,21-14-6-7-15-21)19-12-11-18-10-4-5-13-20(18)16-17-8-2-1-3-9-17/h1-3,8-9,18-19H,4-7,10-16H2/t18-/m0/s1. The number of rotatable bonds is 7. The highest BCUT2D eigenvalue weighted by Gasteiger charge is 2.26. The van der Waals surface area contributed by atoms with Crippen LogP contribution in [-0.2, 0) is 16.8 Å². The van der Waals surface area contributed by atoms with E-state index in [4.69, 9.17) is 0 Å². The van der Waals surface area contributed by atoms with E-state index in [2.05, 4.69) is 33.9 Å². The molecule has 0 saturated carbocycles. The monoisotopic (exact) mass is 351 g/mol. The average molecular weight is 352 g/mol. The topological polar surface area (TPSA) is 52.7 Å². The molecule has 1 aromatic rings. The number of benzene rings is 1. The predicted molar refractivity (Wildman–Crippen MR) is 96.8 cm³/mol. The van der Waals surface area contributed by atoms with E-state index in [1.54, 1.807) is 4.31 Å². The van der Waals surface area contributed by atoms with Crippen molar-refractivity contribution in [3.05, 3.63) is 35.9 Å². The van der Waals surface area contributed by atoms with E-state index in [1.807, 2.05) is 6.07 Å². The van der Waals surface area contributed by atoms with Crippen LogP contribution in [0.5, 0.6) is 0 Å². The molecule has 0 bridgehead atoms. The smallest absolute Gasteiger partial charge is 0.279 e. The Kier molecular flexibility index (Phi) is 6.27. The lowest BCUT2D eigenvalue weighted by Gasteiger charge is -2.36. The predicted octanol–water partition coefficient (Wildman–Crippen LogP) is 2.36. The van der Waals surface area contributed by atoms with Gasteiger partial charge in [0.25, 0.3) is 10.2 Å². The van der Waals surface area contributed by atoms with E-state index in [1.165, 1.54) is 18.4 Å². The van der Waals surface area contributed by atoms with Crippen LogP contribution in [0, 0.1) is 0 Å². The van der Waals surface area contributed by atoms with Crippen LogP contribution in [0.25, 0.3) is 0 Å². The van der Waals surface area contributed by atoms with Gasteiger partial charge in [-0.3, -0.25) is 4.90 Å². The summed E-state index contributed by atoms with van der Waals surface area (Å²) in [6.45, 7) is 3.94. The second-order valence-corrected chi connectivity index (χ2v) is 8.66. The Balaban J connectivity index is 1.50. The van der Waals surface area contributed by atoms with E-state index >= 15 is 0 Å². The van der Waals surface area contributed by atoms with Gasteiger partial charge in [-0.1, -0.05) is 36.8 Å². The second kappa shape index (κ2) is 8.43. The molecule has 2 fully saturated rings. The minimum Gasteiger partial charge on any atom is -0.296 e. The maximum Gasteiger partial charge on any atom is 0.279 e. The SMILES string of the molecule is O=S(=O)(NCC[C@@H]1CCCCN1Cc1ccccc1)N1CCCC1. The summed E-state index contributed by atoms with van der Waals surface area (Å²) in [4.78, 5) is 2.52. The number of nitrogens with one attached hydrogen (secondary N) is 1. The molecule has 0 spiro atoms. The number of hydrogen-bond acceptors (Lipinski definition) is 3. The quantitative estimate of drug-likeness (QED) is 0.820. The van der Waals surface area contributed by atoms with Crippen molar-refractivity contribution in [1.82, 2.24) is 13.9 Å². The molecule has 0 aromatic heterocycles. The van der Waals surface area contributed by atoms with Gasteiger partial charge >= 0.3 is 0 Å². The van der Waals surface area contributed by atoms with Crippen LogP contribution in [0.15, 0.2) is 30.3 Å². The van der Waals surface area contributed by atoms with Crippen LogP contribution in [0.2, 0.25) is 0 Å². The van der Waals surface area contributed by atoms with Gasteiger partial charge < -0.3 is 0 Å². The van der Waals surface area contributed by atoms with Gasteiger partial charge in [-0.25, -0.2) is 4.72 Å². The first kappa shape index (κ1) is 17.9. The largest absolute Gasteiger partial charge is 0.296 e. The lowest BCUT2D eigenvalue weighted by Crippen LogP contribution is -2.43. The fourth-order valence-electron chi connectivity index (χ4n) is 3.79. The van der Waals surface area contributed by atoms with Crippen LogP contribution in [0.4, 0.5) is 0 Å². The summed E-state index contributed by atoms with van der Waals surface area (Å²) in [6, 6.07) is 11.0. The number of piperidine rings is 1. The molecule has 24 heavy (non-hydrogen) atoms. The maximum atomic E-state index is 12.2. The summed E-state index contributed by atoms with van der Waals surface area (Å²) in [5.74, 6) is 0. The normalized spacial score (nSPS) is 23.6. The van der Waals surface area contributed by atoms with Gasteiger partial charge in [0, 0.05) is 32.2 Å². The van der Waals surface area contributed by atoms with Gasteiger partial charge in [-0.15, -0.1) is 0 Å². The summed E-state index contributed by atoms with van der Waals surface area (Å²) in [6.07, 6.45) is 6.50. The molecule has 2 saturated heterocycles. The molecular formula is C18H29N3O2S. The van der Waals surface area contributed by atoms with Gasteiger partial charge in [0.15, 0.2) is 0 Å². The third kappa shape index (κ3) is 4.79. The zero-order valence-electron chi connectivity index (χ0n) is 14.4. The van der Waals surface area contributed by atoms with Crippen LogP contribution >= 0.6 is 0 Å². The van der Waals surface area contributed by atoms with Gasteiger partial charge in [0.2, 0.25) is 0 Å². The van der Waals surface area contributed by atoms with Crippen molar-refractivity contribution >= 4 is 10.2 Å². The van der Waals surface area contributed by atoms with E-state index in [0.717, 1.165) is 38.8 Å². The second-order valence-electron chi connectivity index (χ2n) is 6.90. The Hall–Kier alpha value is -0.950. The zero-order chi connectivity index (χ0) is 16.8. The Bertz CT molecular complexity index is 600. The molecular weight excluding hydrogens is 322 g/mol. The highest BCUT2D eigenvalue weighted by atomic mass is 32.2. The van der Waals surface area contributed by atoms with Gasteiger partial charge in [0.1, 0.15) is 0 Å². The first-order valence-corrected chi connectivity index (χ1v) is 10.6. The summed E-state index contributed by atoms with van der Waals surface area (Å²) in [5.41, 5.74) is 1.34. The average Bonchev–Trinajstić information content (AvgIpc) is 3.13. The third-order valence-corrected chi connectivity index (χ3v) is 6.76. The summed E-state index contributed by atoms with van der Waals surface area (Å²) < 4.78 is 28.9. The van der Waals surface area contributed by atoms with Crippen LogP contribution in [0.3, 0.4) is 0 Å². The molecule has 5 nitrogen and oxygen atoms in total. The molecule has 2 heterocycles. The van der Waals surface area contributed by atoms with E-state index in [-0.39, 0.29) is 0 Å². The summed E-state index contributed by atoms with van der Waals surface area (Å²) in [7, 11) is -3.27. The Morgan fingerprint density at radius 1 is 1.00 bits per heavy atom. The Morgan fingerprint density at radius 2 is 1.71 bits per heavy atom. The van der Waals surface area contributed by atoms with Crippen molar-refractivity contribution in [3.8, 4) is 0 Å². The lowest BCUT2D eigenvalue weighted by molar-refractivity contribution is 0.133. The molecule has 6 heteroatoms. The molecule has 0 amide bonds. The Morgan fingerprint density at radius 3 is 2.46 bits per heavy atom. The minimum absolute atomic E-state index is 0.472. The molecule has 1 N–H and O–H groups in total. The molecule has 2 aliphatic heterocycles. The molecule has 134 valence electrons. The summed E-state index contributed by atoms with van der Waals surface area (Å²) >= 11 is 0. The maximum absolute atomic E-state index is 12.2. The highest BCUT2D eigenvalue weighted by molar-refractivity contribution is 7.87. The molecule has 0 aliphatic carbocycles.